The summed E-state index contributed by atoms with van der Waals surface area (Å²) in [5, 5.41) is 7.04. The molecule has 2 aromatic heterocycles. The molecule has 0 fully saturated rings. The average Bonchev–Trinajstić information content (AvgIpc) is 2.80. The zero-order valence-corrected chi connectivity index (χ0v) is 11.8. The van der Waals surface area contributed by atoms with Crippen molar-refractivity contribution in [3.63, 3.8) is 0 Å². The lowest BCUT2D eigenvalue weighted by molar-refractivity contribution is 0.866. The lowest BCUT2D eigenvalue weighted by Gasteiger charge is -2.05. The van der Waals surface area contributed by atoms with Crippen LogP contribution >= 0.6 is 11.6 Å². The quantitative estimate of drug-likeness (QED) is 0.774. The number of aromatic nitrogens is 3. The van der Waals surface area contributed by atoms with Gasteiger partial charge in [-0.2, -0.15) is 0 Å². The predicted octanol–water partition coefficient (Wildman–Crippen LogP) is 3.52. The molecular formula is C15H14ClN3O. The van der Waals surface area contributed by atoms with Gasteiger partial charge in [0, 0.05) is 11.1 Å². The fourth-order valence-electron chi connectivity index (χ4n) is 2.36. The highest BCUT2D eigenvalue weighted by Gasteiger charge is 2.14. The van der Waals surface area contributed by atoms with E-state index in [4.69, 9.17) is 11.6 Å². The van der Waals surface area contributed by atoms with Crippen LogP contribution in [-0.2, 0) is 6.42 Å². The number of aryl methyl sites for hydroxylation is 1. The molecule has 0 bridgehead atoms. The summed E-state index contributed by atoms with van der Waals surface area (Å²) in [5.41, 5.74) is 2.70. The van der Waals surface area contributed by atoms with Crippen LogP contribution in [0.4, 0.5) is 0 Å². The van der Waals surface area contributed by atoms with Crippen LogP contribution in [0.15, 0.2) is 35.1 Å². The Kier molecular flexibility index (Phi) is 3.32. The maximum Gasteiger partial charge on any atom is 0.273 e. The van der Waals surface area contributed by atoms with Crippen LogP contribution in [0.25, 0.3) is 22.2 Å². The smallest absolute Gasteiger partial charge is 0.273 e. The van der Waals surface area contributed by atoms with Gasteiger partial charge in [-0.05, 0) is 18.6 Å². The summed E-state index contributed by atoms with van der Waals surface area (Å²) in [4.78, 5) is 16.6. The van der Waals surface area contributed by atoms with E-state index in [-0.39, 0.29) is 5.56 Å². The van der Waals surface area contributed by atoms with Crippen LogP contribution in [0.1, 0.15) is 19.0 Å². The average molecular weight is 288 g/mol. The molecule has 0 saturated carbocycles. The number of nitrogens with zero attached hydrogens (tertiary/aromatic N) is 1. The highest BCUT2D eigenvalue weighted by atomic mass is 35.5. The molecule has 0 aliphatic carbocycles. The van der Waals surface area contributed by atoms with Crippen molar-refractivity contribution in [2.24, 2.45) is 0 Å². The first-order chi connectivity index (χ1) is 9.70. The Labute approximate surface area is 120 Å². The Morgan fingerprint density at radius 3 is 2.85 bits per heavy atom. The first-order valence-corrected chi connectivity index (χ1v) is 6.93. The number of benzene rings is 1. The number of hydrogen-bond donors (Lipinski definition) is 2. The van der Waals surface area contributed by atoms with Gasteiger partial charge in [0.1, 0.15) is 0 Å². The normalized spacial score (nSPS) is 11.1. The molecule has 4 nitrogen and oxygen atoms in total. The van der Waals surface area contributed by atoms with Crippen LogP contribution in [0.2, 0.25) is 5.02 Å². The van der Waals surface area contributed by atoms with Crippen LogP contribution in [0.5, 0.6) is 0 Å². The van der Waals surface area contributed by atoms with E-state index in [1.165, 1.54) is 0 Å². The predicted molar refractivity (Wildman–Crippen MR) is 81.2 cm³/mol. The molecule has 0 unspecified atom stereocenters. The molecule has 3 aromatic rings. The van der Waals surface area contributed by atoms with Crippen molar-refractivity contribution in [2.45, 2.75) is 19.8 Å². The van der Waals surface area contributed by atoms with Gasteiger partial charge in [-0.25, -0.2) is 4.98 Å². The minimum Gasteiger partial charge on any atom is -0.302 e. The largest absolute Gasteiger partial charge is 0.302 e. The molecule has 0 atom stereocenters. The monoisotopic (exact) mass is 287 g/mol. The van der Waals surface area contributed by atoms with Crippen LogP contribution in [0.3, 0.4) is 0 Å². The topological polar surface area (TPSA) is 61.5 Å². The maximum atomic E-state index is 12.0. The fraction of sp³-hybridized carbons (Fsp3) is 0.200. The number of halogens is 1. The van der Waals surface area contributed by atoms with Crippen molar-refractivity contribution in [1.29, 1.82) is 0 Å². The first-order valence-electron chi connectivity index (χ1n) is 6.56. The summed E-state index contributed by atoms with van der Waals surface area (Å²) in [7, 11) is 0. The summed E-state index contributed by atoms with van der Waals surface area (Å²) in [5.74, 6) is 0. The molecule has 20 heavy (non-hydrogen) atoms. The van der Waals surface area contributed by atoms with Gasteiger partial charge in [0.15, 0.2) is 0 Å². The molecule has 102 valence electrons. The van der Waals surface area contributed by atoms with Gasteiger partial charge in [-0.1, -0.05) is 43.1 Å². The number of pyridine rings is 1. The van der Waals surface area contributed by atoms with Crippen LogP contribution in [-0.4, -0.2) is 15.2 Å². The highest BCUT2D eigenvalue weighted by molar-refractivity contribution is 6.35. The van der Waals surface area contributed by atoms with E-state index in [1.807, 2.05) is 24.3 Å². The van der Waals surface area contributed by atoms with Gasteiger partial charge in [-0.15, -0.1) is 0 Å². The number of para-hydroxylation sites is 1. The molecule has 1 aromatic carbocycles. The summed E-state index contributed by atoms with van der Waals surface area (Å²) in [6, 6.07) is 9.39. The third kappa shape index (κ3) is 2.12. The van der Waals surface area contributed by atoms with Crippen LogP contribution < -0.4 is 5.56 Å². The molecular weight excluding hydrogens is 274 g/mol. The van der Waals surface area contributed by atoms with Gasteiger partial charge in [-0.3, -0.25) is 9.89 Å². The Hall–Kier alpha value is -2.07. The molecule has 5 heteroatoms. The lowest BCUT2D eigenvalue weighted by atomic mass is 10.1. The molecule has 0 spiro atoms. The van der Waals surface area contributed by atoms with E-state index in [1.54, 1.807) is 6.07 Å². The fourth-order valence-corrected chi connectivity index (χ4v) is 2.63. The second kappa shape index (κ2) is 5.13. The van der Waals surface area contributed by atoms with Gasteiger partial charge < -0.3 is 5.10 Å². The second-order valence-corrected chi connectivity index (χ2v) is 5.10. The van der Waals surface area contributed by atoms with Crippen molar-refractivity contribution in [1.82, 2.24) is 15.2 Å². The van der Waals surface area contributed by atoms with Crippen molar-refractivity contribution < 1.29 is 0 Å². The number of H-pyrrole nitrogens is 2. The number of hydrogen-bond acceptors (Lipinski definition) is 2. The molecule has 3 rings (SSSR count). The Morgan fingerprint density at radius 1 is 1.25 bits per heavy atom. The first kappa shape index (κ1) is 12.9. The minimum atomic E-state index is -0.160. The van der Waals surface area contributed by atoms with E-state index in [2.05, 4.69) is 22.1 Å². The molecule has 2 heterocycles. The molecule has 2 N–H and O–H groups in total. The molecule has 0 amide bonds. The van der Waals surface area contributed by atoms with Gasteiger partial charge in [0.05, 0.1) is 21.8 Å². The van der Waals surface area contributed by atoms with Gasteiger partial charge in [0.25, 0.3) is 5.56 Å². The minimum absolute atomic E-state index is 0.160. The third-order valence-corrected chi connectivity index (χ3v) is 3.59. The van der Waals surface area contributed by atoms with Gasteiger partial charge in [0.2, 0.25) is 0 Å². The zero-order chi connectivity index (χ0) is 14.1. The van der Waals surface area contributed by atoms with Crippen LogP contribution in [0, 0.1) is 0 Å². The number of rotatable bonds is 3. The molecule has 0 aliphatic heterocycles. The van der Waals surface area contributed by atoms with E-state index < -0.39 is 0 Å². The Morgan fingerprint density at radius 2 is 2.05 bits per heavy atom. The van der Waals surface area contributed by atoms with E-state index in [0.717, 1.165) is 29.4 Å². The summed E-state index contributed by atoms with van der Waals surface area (Å²) in [6.45, 7) is 2.07. The van der Waals surface area contributed by atoms with Crippen molar-refractivity contribution in [3.05, 3.63) is 51.4 Å². The Bertz CT molecular complexity index is 819. The number of aromatic amines is 2. The van der Waals surface area contributed by atoms with E-state index in [0.29, 0.717) is 16.3 Å². The van der Waals surface area contributed by atoms with Crippen molar-refractivity contribution in [2.75, 3.05) is 0 Å². The SMILES string of the molecule is CCCc1[nH][nH]c(=O)c1-c1cc(Cl)c2ccccc2n1. The number of nitrogens with one attached hydrogen (secondary N) is 2. The van der Waals surface area contributed by atoms with Gasteiger partial charge >= 0.3 is 0 Å². The summed E-state index contributed by atoms with van der Waals surface area (Å²) >= 11 is 6.30. The standard InChI is InChI=1S/C15H14ClN3O/c1-2-5-12-14(15(20)19-18-12)13-8-10(16)9-6-3-4-7-11(9)17-13/h3-4,6-8H,2,5H2,1H3,(H2,18,19,20). The number of fused-ring (bicyclic) bond motifs is 1. The highest BCUT2D eigenvalue weighted by Crippen LogP contribution is 2.27. The molecule has 0 saturated heterocycles. The maximum absolute atomic E-state index is 12.0. The van der Waals surface area contributed by atoms with E-state index in [9.17, 15) is 4.79 Å². The molecule has 0 aliphatic rings. The zero-order valence-electron chi connectivity index (χ0n) is 11.0. The van der Waals surface area contributed by atoms with Crippen molar-refractivity contribution >= 4 is 22.5 Å². The summed E-state index contributed by atoms with van der Waals surface area (Å²) < 4.78 is 0. The van der Waals surface area contributed by atoms with Crippen molar-refractivity contribution in [3.8, 4) is 11.3 Å². The second-order valence-electron chi connectivity index (χ2n) is 4.69. The van der Waals surface area contributed by atoms with E-state index >= 15 is 0 Å². The lowest BCUT2D eigenvalue weighted by Crippen LogP contribution is -2.04. The summed E-state index contributed by atoms with van der Waals surface area (Å²) in [6.07, 6.45) is 1.74. The molecule has 0 radical (unpaired) electrons. The Balaban J connectivity index is 2.25. The third-order valence-electron chi connectivity index (χ3n) is 3.28.